The molecule has 5 rings (SSSR count). The molecule has 0 aliphatic carbocycles. The second-order valence-corrected chi connectivity index (χ2v) is 8.34. The highest BCUT2D eigenvalue weighted by Gasteiger charge is 2.25. The van der Waals surface area contributed by atoms with Crippen molar-refractivity contribution in [3.8, 4) is 11.3 Å². The Labute approximate surface area is 195 Å². The Balaban J connectivity index is 1.46. The van der Waals surface area contributed by atoms with Gasteiger partial charge in [-0.15, -0.1) is 0 Å². The van der Waals surface area contributed by atoms with Gasteiger partial charge in [0.1, 0.15) is 0 Å². The van der Waals surface area contributed by atoms with E-state index in [1.807, 2.05) is 41.3 Å². The zero-order chi connectivity index (χ0) is 22.1. The molecule has 1 aliphatic rings. The number of hydrogen-bond acceptors (Lipinski definition) is 5. The van der Waals surface area contributed by atoms with Gasteiger partial charge in [0.25, 0.3) is 5.91 Å². The molecule has 1 aliphatic heterocycles. The fraction of sp³-hybridized carbons (Fsp3) is 0.167. The van der Waals surface area contributed by atoms with E-state index < -0.39 is 0 Å². The van der Waals surface area contributed by atoms with Gasteiger partial charge in [0.2, 0.25) is 5.95 Å². The summed E-state index contributed by atoms with van der Waals surface area (Å²) in [6, 6.07) is 16.7. The average molecular weight is 464 g/mol. The van der Waals surface area contributed by atoms with Crippen LogP contribution < -0.4 is 4.90 Å². The minimum Gasteiger partial charge on any atom is -0.337 e. The molecular formula is C24H19Cl2N5O. The molecule has 4 aromatic rings. The van der Waals surface area contributed by atoms with Crippen molar-refractivity contribution in [3.05, 3.63) is 82.6 Å². The molecule has 0 radical (unpaired) electrons. The number of pyridine rings is 1. The molecule has 32 heavy (non-hydrogen) atoms. The average Bonchev–Trinajstić information content (AvgIpc) is 2.85. The Morgan fingerprint density at radius 1 is 0.844 bits per heavy atom. The van der Waals surface area contributed by atoms with Gasteiger partial charge >= 0.3 is 0 Å². The lowest BCUT2D eigenvalue weighted by atomic mass is 10.0. The summed E-state index contributed by atoms with van der Waals surface area (Å²) in [6.45, 7) is 2.54. The Bertz CT molecular complexity index is 1290. The summed E-state index contributed by atoms with van der Waals surface area (Å²) >= 11 is 12.3. The van der Waals surface area contributed by atoms with Crippen molar-refractivity contribution < 1.29 is 4.79 Å². The second kappa shape index (κ2) is 8.73. The molecule has 6 nitrogen and oxygen atoms in total. The number of piperazine rings is 1. The molecule has 1 saturated heterocycles. The van der Waals surface area contributed by atoms with Crippen LogP contribution >= 0.6 is 23.2 Å². The highest BCUT2D eigenvalue weighted by Crippen LogP contribution is 2.30. The molecule has 1 fully saturated rings. The fourth-order valence-corrected chi connectivity index (χ4v) is 4.19. The van der Waals surface area contributed by atoms with Crippen LogP contribution in [0.15, 0.2) is 67.0 Å². The molecule has 3 heterocycles. The number of fused-ring (bicyclic) bond motifs is 1. The van der Waals surface area contributed by atoms with Gasteiger partial charge in [0, 0.05) is 49.5 Å². The van der Waals surface area contributed by atoms with Crippen LogP contribution in [0.5, 0.6) is 0 Å². The van der Waals surface area contributed by atoms with Gasteiger partial charge in [0.15, 0.2) is 0 Å². The monoisotopic (exact) mass is 463 g/mol. The largest absolute Gasteiger partial charge is 0.337 e. The van der Waals surface area contributed by atoms with E-state index in [0.717, 1.165) is 16.5 Å². The summed E-state index contributed by atoms with van der Waals surface area (Å²) in [7, 11) is 0. The summed E-state index contributed by atoms with van der Waals surface area (Å²) in [4.78, 5) is 30.9. The number of aromatic nitrogens is 3. The molecule has 0 N–H and O–H groups in total. The van der Waals surface area contributed by atoms with Gasteiger partial charge in [-0.1, -0.05) is 47.5 Å². The van der Waals surface area contributed by atoms with E-state index in [1.54, 1.807) is 30.6 Å². The lowest BCUT2D eigenvalue weighted by Crippen LogP contribution is -2.49. The van der Waals surface area contributed by atoms with Crippen LogP contribution in [0.1, 0.15) is 10.4 Å². The summed E-state index contributed by atoms with van der Waals surface area (Å²) in [5.74, 6) is 0.675. The zero-order valence-corrected chi connectivity index (χ0v) is 18.6. The third kappa shape index (κ3) is 3.99. The second-order valence-electron chi connectivity index (χ2n) is 7.53. The minimum atomic E-state index is -0.0152. The predicted octanol–water partition coefficient (Wildman–Crippen LogP) is 4.96. The summed E-state index contributed by atoms with van der Waals surface area (Å²) in [5.41, 5.74) is 2.88. The maximum Gasteiger partial charge on any atom is 0.254 e. The van der Waals surface area contributed by atoms with Crippen molar-refractivity contribution in [2.75, 3.05) is 31.1 Å². The molecule has 0 bridgehead atoms. The zero-order valence-electron chi connectivity index (χ0n) is 17.1. The van der Waals surface area contributed by atoms with E-state index in [9.17, 15) is 4.79 Å². The highest BCUT2D eigenvalue weighted by molar-refractivity contribution is 6.42. The van der Waals surface area contributed by atoms with Crippen LogP contribution in [0.3, 0.4) is 0 Å². The molecule has 160 valence electrons. The number of hydrogen-bond donors (Lipinski definition) is 0. The number of halogens is 2. The van der Waals surface area contributed by atoms with Gasteiger partial charge in [-0.2, -0.15) is 0 Å². The van der Waals surface area contributed by atoms with Crippen molar-refractivity contribution in [1.29, 1.82) is 0 Å². The van der Waals surface area contributed by atoms with Gasteiger partial charge in [0.05, 0.1) is 26.8 Å². The predicted molar refractivity (Wildman–Crippen MR) is 127 cm³/mol. The first-order chi connectivity index (χ1) is 15.6. The number of nitrogens with zero attached hydrogens (tertiary/aromatic N) is 5. The SMILES string of the molecule is O=C(c1cc(-c2ccc(Cl)c(Cl)c2)nc2ccccc12)N1CCN(c2ncccn2)CC1. The molecule has 1 amide bonds. The van der Waals surface area contributed by atoms with Gasteiger partial charge in [-0.05, 0) is 30.3 Å². The Morgan fingerprint density at radius 2 is 1.59 bits per heavy atom. The number of para-hydroxylation sites is 1. The molecule has 2 aromatic heterocycles. The van der Waals surface area contributed by atoms with Crippen LogP contribution in [0, 0.1) is 0 Å². The molecule has 0 unspecified atom stereocenters. The summed E-state index contributed by atoms with van der Waals surface area (Å²) < 4.78 is 0. The number of carbonyl (C=O) groups excluding carboxylic acids is 1. The van der Waals surface area contributed by atoms with Crippen LogP contribution in [0.4, 0.5) is 5.95 Å². The van der Waals surface area contributed by atoms with E-state index >= 15 is 0 Å². The maximum absolute atomic E-state index is 13.6. The van der Waals surface area contributed by atoms with E-state index in [2.05, 4.69) is 14.9 Å². The molecule has 0 atom stereocenters. The van der Waals surface area contributed by atoms with Crippen LogP contribution in [-0.2, 0) is 0 Å². The van der Waals surface area contributed by atoms with Crippen molar-refractivity contribution in [1.82, 2.24) is 19.9 Å². The van der Waals surface area contributed by atoms with E-state index in [4.69, 9.17) is 28.2 Å². The smallest absolute Gasteiger partial charge is 0.254 e. The highest BCUT2D eigenvalue weighted by atomic mass is 35.5. The first-order valence-corrected chi connectivity index (χ1v) is 11.0. The Hall–Kier alpha value is -3.22. The van der Waals surface area contributed by atoms with E-state index in [0.29, 0.717) is 53.4 Å². The molecule has 8 heteroatoms. The fourth-order valence-electron chi connectivity index (χ4n) is 3.89. The van der Waals surface area contributed by atoms with Crippen LogP contribution in [0.2, 0.25) is 10.0 Å². The van der Waals surface area contributed by atoms with Crippen molar-refractivity contribution in [2.45, 2.75) is 0 Å². The molecule has 2 aromatic carbocycles. The number of rotatable bonds is 3. The lowest BCUT2D eigenvalue weighted by Gasteiger charge is -2.34. The summed E-state index contributed by atoms with van der Waals surface area (Å²) in [6.07, 6.45) is 3.46. The van der Waals surface area contributed by atoms with Crippen molar-refractivity contribution in [2.24, 2.45) is 0 Å². The first-order valence-electron chi connectivity index (χ1n) is 10.3. The Kier molecular flexibility index (Phi) is 5.64. The number of anilines is 1. The van der Waals surface area contributed by atoms with Crippen LogP contribution in [0.25, 0.3) is 22.2 Å². The van der Waals surface area contributed by atoms with Crippen LogP contribution in [-0.4, -0.2) is 51.9 Å². The van der Waals surface area contributed by atoms with E-state index in [-0.39, 0.29) is 5.91 Å². The Morgan fingerprint density at radius 3 is 2.34 bits per heavy atom. The maximum atomic E-state index is 13.6. The first kappa shape index (κ1) is 20.7. The normalized spacial score (nSPS) is 14.1. The molecule has 0 spiro atoms. The molecule has 0 saturated carbocycles. The minimum absolute atomic E-state index is 0.0152. The standard InChI is InChI=1S/C24H19Cl2N5O/c25-19-7-6-16(14-20(19)26)22-15-18(17-4-1-2-5-21(17)29-22)23(32)30-10-12-31(13-11-30)24-27-8-3-9-28-24/h1-9,14-15H,10-13H2. The van der Waals surface area contributed by atoms with E-state index in [1.165, 1.54) is 0 Å². The molecular weight excluding hydrogens is 445 g/mol. The third-order valence-corrected chi connectivity index (χ3v) is 6.30. The topological polar surface area (TPSA) is 62.2 Å². The number of benzene rings is 2. The third-order valence-electron chi connectivity index (χ3n) is 5.56. The summed E-state index contributed by atoms with van der Waals surface area (Å²) in [5, 5.41) is 1.76. The quantitative estimate of drug-likeness (QED) is 0.429. The number of amides is 1. The number of carbonyl (C=O) groups is 1. The lowest BCUT2D eigenvalue weighted by molar-refractivity contribution is 0.0748. The van der Waals surface area contributed by atoms with Gasteiger partial charge in [-0.25, -0.2) is 15.0 Å². The van der Waals surface area contributed by atoms with Crippen molar-refractivity contribution in [3.63, 3.8) is 0 Å². The van der Waals surface area contributed by atoms with Gasteiger partial charge < -0.3 is 9.80 Å². The van der Waals surface area contributed by atoms with Gasteiger partial charge in [-0.3, -0.25) is 4.79 Å². The van der Waals surface area contributed by atoms with Crippen molar-refractivity contribution >= 4 is 46.0 Å².